The third kappa shape index (κ3) is 5.84. The number of rotatable bonds is 8. The van der Waals surface area contributed by atoms with E-state index in [1.807, 2.05) is 39.0 Å². The normalized spacial score (nSPS) is 11.6. The van der Waals surface area contributed by atoms with Crippen LogP contribution < -0.4 is 10.1 Å². The molecule has 0 saturated carbocycles. The quantitative estimate of drug-likeness (QED) is 0.543. The smallest absolute Gasteiger partial charge is 0.338 e. The van der Waals surface area contributed by atoms with Crippen LogP contribution in [0.25, 0.3) is 0 Å². The maximum atomic E-state index is 12.5. The number of carbonyl (C=O) groups excluding carboxylic acids is 2. The number of hydrogen-bond donors (Lipinski definition) is 1. The standard InChI is InChI=1S/C22H27NO4/c1-5-6-13-26-22(25)18-10-8-11-19(14-18)23-21(24)17(4)27-20-12-7-9-15(2)16(20)3/h7-12,14,17H,5-6,13H2,1-4H3,(H,23,24). The van der Waals surface area contributed by atoms with E-state index < -0.39 is 6.10 Å². The van der Waals surface area contributed by atoms with Gasteiger partial charge < -0.3 is 14.8 Å². The molecule has 0 spiro atoms. The number of amides is 1. The number of anilines is 1. The van der Waals surface area contributed by atoms with Crippen LogP contribution >= 0.6 is 0 Å². The van der Waals surface area contributed by atoms with E-state index in [4.69, 9.17) is 9.47 Å². The molecule has 0 heterocycles. The van der Waals surface area contributed by atoms with E-state index in [-0.39, 0.29) is 11.9 Å². The highest BCUT2D eigenvalue weighted by Gasteiger charge is 2.17. The van der Waals surface area contributed by atoms with Crippen molar-refractivity contribution in [2.24, 2.45) is 0 Å². The highest BCUT2D eigenvalue weighted by molar-refractivity contribution is 5.96. The number of unbranched alkanes of at least 4 members (excludes halogenated alkanes) is 1. The zero-order valence-electron chi connectivity index (χ0n) is 16.4. The number of nitrogens with one attached hydrogen (secondary N) is 1. The summed E-state index contributed by atoms with van der Waals surface area (Å²) >= 11 is 0. The van der Waals surface area contributed by atoms with Crippen molar-refractivity contribution in [2.45, 2.75) is 46.6 Å². The molecule has 1 amide bonds. The largest absolute Gasteiger partial charge is 0.481 e. The molecular formula is C22H27NO4. The lowest BCUT2D eigenvalue weighted by atomic mass is 10.1. The Kier molecular flexibility index (Phi) is 7.41. The van der Waals surface area contributed by atoms with Gasteiger partial charge in [0.2, 0.25) is 0 Å². The van der Waals surface area contributed by atoms with E-state index in [0.717, 1.165) is 24.0 Å². The molecule has 27 heavy (non-hydrogen) atoms. The summed E-state index contributed by atoms with van der Waals surface area (Å²) in [6.07, 6.45) is 1.11. The third-order valence-electron chi connectivity index (χ3n) is 4.32. The van der Waals surface area contributed by atoms with Gasteiger partial charge in [-0.3, -0.25) is 4.79 Å². The van der Waals surface area contributed by atoms with Gasteiger partial charge in [-0.1, -0.05) is 31.5 Å². The molecule has 1 atom stereocenters. The van der Waals surface area contributed by atoms with Crippen LogP contribution in [0.1, 0.15) is 48.2 Å². The van der Waals surface area contributed by atoms with Crippen molar-refractivity contribution in [1.82, 2.24) is 0 Å². The SMILES string of the molecule is CCCCOC(=O)c1cccc(NC(=O)C(C)Oc2cccc(C)c2C)c1. The number of carbonyl (C=O) groups is 2. The molecule has 2 aromatic rings. The summed E-state index contributed by atoms with van der Waals surface area (Å²) in [6, 6.07) is 12.5. The van der Waals surface area contributed by atoms with Crippen molar-refractivity contribution in [2.75, 3.05) is 11.9 Å². The maximum Gasteiger partial charge on any atom is 0.338 e. The summed E-state index contributed by atoms with van der Waals surface area (Å²) in [6.45, 7) is 8.08. The van der Waals surface area contributed by atoms with Crippen molar-refractivity contribution in [3.05, 3.63) is 59.2 Å². The van der Waals surface area contributed by atoms with Crippen LogP contribution in [0.5, 0.6) is 5.75 Å². The molecule has 1 N–H and O–H groups in total. The second-order valence-corrected chi connectivity index (χ2v) is 6.52. The van der Waals surface area contributed by atoms with E-state index in [9.17, 15) is 9.59 Å². The summed E-state index contributed by atoms with van der Waals surface area (Å²) in [4.78, 5) is 24.5. The molecule has 2 rings (SSSR count). The van der Waals surface area contributed by atoms with E-state index in [1.54, 1.807) is 31.2 Å². The van der Waals surface area contributed by atoms with Gasteiger partial charge in [0, 0.05) is 5.69 Å². The Morgan fingerprint density at radius 3 is 2.59 bits per heavy atom. The molecule has 0 aliphatic heterocycles. The van der Waals surface area contributed by atoms with Gasteiger partial charge in [0.25, 0.3) is 5.91 Å². The van der Waals surface area contributed by atoms with Crippen LogP contribution in [-0.2, 0) is 9.53 Å². The lowest BCUT2D eigenvalue weighted by Crippen LogP contribution is -2.30. The van der Waals surface area contributed by atoms with E-state index in [2.05, 4.69) is 5.32 Å². The van der Waals surface area contributed by atoms with E-state index >= 15 is 0 Å². The molecule has 0 saturated heterocycles. The molecule has 5 nitrogen and oxygen atoms in total. The lowest BCUT2D eigenvalue weighted by molar-refractivity contribution is -0.122. The van der Waals surface area contributed by atoms with Crippen molar-refractivity contribution in [3.63, 3.8) is 0 Å². The summed E-state index contributed by atoms with van der Waals surface area (Å²) in [5, 5.41) is 2.79. The van der Waals surface area contributed by atoms with Crippen LogP contribution in [0.2, 0.25) is 0 Å². The Labute approximate surface area is 160 Å². The first-order valence-electron chi connectivity index (χ1n) is 9.23. The highest BCUT2D eigenvalue weighted by atomic mass is 16.5. The molecule has 144 valence electrons. The Hall–Kier alpha value is -2.82. The van der Waals surface area contributed by atoms with Crippen LogP contribution in [-0.4, -0.2) is 24.6 Å². The molecular weight excluding hydrogens is 342 g/mol. The van der Waals surface area contributed by atoms with Crippen LogP contribution in [0.3, 0.4) is 0 Å². The molecule has 0 fully saturated rings. The van der Waals surface area contributed by atoms with Crippen molar-refractivity contribution < 1.29 is 19.1 Å². The van der Waals surface area contributed by atoms with Gasteiger partial charge in [-0.15, -0.1) is 0 Å². The Bertz CT molecular complexity index is 801. The van der Waals surface area contributed by atoms with E-state index in [0.29, 0.717) is 23.6 Å². The molecule has 0 aromatic heterocycles. The maximum absolute atomic E-state index is 12.5. The number of ether oxygens (including phenoxy) is 2. The molecule has 0 aliphatic carbocycles. The van der Waals surface area contributed by atoms with Gasteiger partial charge in [-0.05, 0) is 62.6 Å². The molecule has 5 heteroatoms. The van der Waals surface area contributed by atoms with Crippen LogP contribution in [0.15, 0.2) is 42.5 Å². The summed E-state index contributed by atoms with van der Waals surface area (Å²) < 4.78 is 11.0. The average molecular weight is 369 g/mol. The van der Waals surface area contributed by atoms with Gasteiger partial charge in [0.1, 0.15) is 5.75 Å². The van der Waals surface area contributed by atoms with Crippen molar-refractivity contribution in [3.8, 4) is 5.75 Å². The van der Waals surface area contributed by atoms with Gasteiger partial charge in [-0.2, -0.15) is 0 Å². The second kappa shape index (κ2) is 9.76. The van der Waals surface area contributed by atoms with Crippen LogP contribution in [0.4, 0.5) is 5.69 Å². The summed E-state index contributed by atoms with van der Waals surface area (Å²) in [5.74, 6) is 0.0116. The van der Waals surface area contributed by atoms with Crippen molar-refractivity contribution in [1.29, 1.82) is 0 Å². The predicted molar refractivity (Wildman–Crippen MR) is 106 cm³/mol. The second-order valence-electron chi connectivity index (χ2n) is 6.52. The lowest BCUT2D eigenvalue weighted by Gasteiger charge is -2.17. The first kappa shape index (κ1) is 20.5. The minimum atomic E-state index is -0.675. The first-order chi connectivity index (χ1) is 12.9. The summed E-state index contributed by atoms with van der Waals surface area (Å²) in [5.41, 5.74) is 3.05. The summed E-state index contributed by atoms with van der Waals surface area (Å²) in [7, 11) is 0. The van der Waals surface area contributed by atoms with E-state index in [1.165, 1.54) is 0 Å². The fourth-order valence-corrected chi connectivity index (χ4v) is 2.46. The Morgan fingerprint density at radius 1 is 1.11 bits per heavy atom. The fourth-order valence-electron chi connectivity index (χ4n) is 2.46. The zero-order valence-corrected chi connectivity index (χ0v) is 16.4. The number of hydrogen-bond acceptors (Lipinski definition) is 4. The number of aryl methyl sites for hydroxylation is 1. The highest BCUT2D eigenvalue weighted by Crippen LogP contribution is 2.22. The monoisotopic (exact) mass is 369 g/mol. The average Bonchev–Trinajstić information content (AvgIpc) is 2.65. The van der Waals surface area contributed by atoms with Crippen LogP contribution in [0, 0.1) is 13.8 Å². The minimum Gasteiger partial charge on any atom is -0.481 e. The van der Waals surface area contributed by atoms with Crippen molar-refractivity contribution >= 4 is 17.6 Å². The fraction of sp³-hybridized carbons (Fsp3) is 0.364. The number of benzene rings is 2. The van der Waals surface area contributed by atoms with Gasteiger partial charge >= 0.3 is 5.97 Å². The number of esters is 1. The van der Waals surface area contributed by atoms with Gasteiger partial charge in [0.15, 0.2) is 6.10 Å². The predicted octanol–water partition coefficient (Wildman–Crippen LogP) is 4.67. The Morgan fingerprint density at radius 2 is 1.85 bits per heavy atom. The third-order valence-corrected chi connectivity index (χ3v) is 4.32. The molecule has 1 unspecified atom stereocenters. The molecule has 0 aliphatic rings. The first-order valence-corrected chi connectivity index (χ1v) is 9.23. The zero-order chi connectivity index (χ0) is 19.8. The van der Waals surface area contributed by atoms with Gasteiger partial charge in [0.05, 0.1) is 12.2 Å². The molecule has 2 aromatic carbocycles. The minimum absolute atomic E-state index is 0.285. The Balaban J connectivity index is 1.99. The molecule has 0 radical (unpaired) electrons. The van der Waals surface area contributed by atoms with Gasteiger partial charge in [-0.25, -0.2) is 4.79 Å². The molecule has 0 bridgehead atoms. The topological polar surface area (TPSA) is 64.6 Å².